The molecule has 0 amide bonds. The van der Waals surface area contributed by atoms with Crippen LogP contribution >= 0.6 is 0 Å². The second-order valence-electron chi connectivity index (χ2n) is 8.49. The first kappa shape index (κ1) is 19.9. The smallest absolute Gasteiger partial charge is 0.0704 e. The monoisotopic (exact) mass is 315 g/mol. The van der Waals surface area contributed by atoms with Crippen molar-refractivity contribution in [3.8, 4) is 0 Å². The van der Waals surface area contributed by atoms with Gasteiger partial charge in [0.05, 0.1) is 38.1 Å². The molecule has 22 heavy (non-hydrogen) atoms. The molecule has 0 aromatic rings. The van der Waals surface area contributed by atoms with Gasteiger partial charge in [0.2, 0.25) is 0 Å². The van der Waals surface area contributed by atoms with Gasteiger partial charge in [-0.15, -0.1) is 0 Å². The first-order chi connectivity index (χ1) is 10.2. The van der Waals surface area contributed by atoms with Crippen molar-refractivity contribution in [3.63, 3.8) is 0 Å². The van der Waals surface area contributed by atoms with Crippen molar-refractivity contribution in [1.82, 2.24) is 4.90 Å². The van der Waals surface area contributed by atoms with E-state index in [4.69, 9.17) is 14.2 Å². The van der Waals surface area contributed by atoms with E-state index in [-0.39, 0.29) is 11.0 Å². The van der Waals surface area contributed by atoms with Crippen LogP contribution in [0.15, 0.2) is 0 Å². The third kappa shape index (κ3) is 10.5. The Morgan fingerprint density at radius 2 is 1.55 bits per heavy atom. The van der Waals surface area contributed by atoms with Crippen LogP contribution in [0.3, 0.4) is 0 Å². The van der Waals surface area contributed by atoms with Crippen molar-refractivity contribution in [1.29, 1.82) is 0 Å². The van der Waals surface area contributed by atoms with Gasteiger partial charge in [-0.3, -0.25) is 0 Å². The summed E-state index contributed by atoms with van der Waals surface area (Å²) in [6.07, 6.45) is 2.64. The fourth-order valence-electron chi connectivity index (χ4n) is 2.43. The summed E-state index contributed by atoms with van der Waals surface area (Å²) in [5.41, 5.74) is 0.203. The molecule has 1 aliphatic rings. The fraction of sp³-hybridized carbons (Fsp3) is 1.00. The average molecular weight is 315 g/mol. The second kappa shape index (κ2) is 9.21. The molecule has 1 heterocycles. The van der Waals surface area contributed by atoms with Crippen molar-refractivity contribution >= 4 is 0 Å². The molecule has 132 valence electrons. The minimum absolute atomic E-state index is 0.0332. The molecule has 4 nitrogen and oxygen atoms in total. The van der Waals surface area contributed by atoms with Gasteiger partial charge in [0.15, 0.2) is 0 Å². The number of hydrogen-bond donors (Lipinski definition) is 0. The Balaban J connectivity index is 2.01. The van der Waals surface area contributed by atoms with E-state index in [1.54, 1.807) is 0 Å². The number of nitrogens with zero attached hydrogens (tertiary/aromatic N) is 1. The zero-order chi connectivity index (χ0) is 16.6. The van der Waals surface area contributed by atoms with Gasteiger partial charge < -0.3 is 19.1 Å². The van der Waals surface area contributed by atoms with E-state index in [1.807, 2.05) is 0 Å². The largest absolute Gasteiger partial charge is 0.379 e. The molecule has 1 saturated heterocycles. The molecule has 0 N–H and O–H groups in total. The van der Waals surface area contributed by atoms with Gasteiger partial charge in [-0.1, -0.05) is 20.8 Å². The molecule has 1 rings (SSSR count). The van der Waals surface area contributed by atoms with Gasteiger partial charge in [-0.2, -0.15) is 0 Å². The van der Waals surface area contributed by atoms with E-state index in [2.05, 4.69) is 46.4 Å². The van der Waals surface area contributed by atoms with Crippen molar-refractivity contribution in [2.45, 2.75) is 66.1 Å². The first-order valence-corrected chi connectivity index (χ1v) is 8.71. The summed E-state index contributed by atoms with van der Waals surface area (Å²) in [7, 11) is 0. The Kier molecular flexibility index (Phi) is 8.33. The van der Waals surface area contributed by atoms with Crippen LogP contribution < -0.4 is 0 Å². The molecule has 0 aliphatic carbocycles. The number of rotatable bonds is 8. The Labute approximate surface area is 137 Å². The van der Waals surface area contributed by atoms with E-state index in [0.29, 0.717) is 19.3 Å². The summed E-state index contributed by atoms with van der Waals surface area (Å²) in [4.78, 5) is 2.47. The molecule has 0 saturated carbocycles. The number of hydrogen-bond acceptors (Lipinski definition) is 4. The highest BCUT2D eigenvalue weighted by Gasteiger charge is 2.20. The lowest BCUT2D eigenvalue weighted by Gasteiger charge is -2.32. The summed E-state index contributed by atoms with van der Waals surface area (Å²) in [6.45, 7) is 19.2. The van der Waals surface area contributed by atoms with Crippen LogP contribution in [0.25, 0.3) is 0 Å². The molecule has 0 bridgehead atoms. The van der Waals surface area contributed by atoms with Gasteiger partial charge >= 0.3 is 0 Å². The average Bonchev–Trinajstić information content (AvgIpc) is 2.37. The lowest BCUT2D eigenvalue weighted by molar-refractivity contribution is -0.0432. The third-order valence-corrected chi connectivity index (χ3v) is 3.59. The molecule has 1 fully saturated rings. The highest BCUT2D eigenvalue weighted by molar-refractivity contribution is 4.73. The molecule has 0 aromatic carbocycles. The minimum Gasteiger partial charge on any atom is -0.379 e. The van der Waals surface area contributed by atoms with Crippen LogP contribution in [-0.2, 0) is 14.2 Å². The van der Waals surface area contributed by atoms with E-state index < -0.39 is 0 Å². The topological polar surface area (TPSA) is 30.9 Å². The maximum absolute atomic E-state index is 5.92. The summed E-state index contributed by atoms with van der Waals surface area (Å²) < 4.78 is 17.4. The van der Waals surface area contributed by atoms with E-state index >= 15 is 0 Å². The van der Waals surface area contributed by atoms with Gasteiger partial charge in [0.25, 0.3) is 0 Å². The lowest BCUT2D eigenvalue weighted by Crippen LogP contribution is -2.40. The third-order valence-electron chi connectivity index (χ3n) is 3.59. The number of likely N-dealkylation sites (tertiary alicyclic amines) is 1. The molecular formula is C18H37NO3. The molecule has 4 heteroatoms. The van der Waals surface area contributed by atoms with Crippen LogP contribution in [0.2, 0.25) is 0 Å². The second-order valence-corrected chi connectivity index (χ2v) is 8.49. The molecule has 0 unspecified atom stereocenters. The van der Waals surface area contributed by atoms with E-state index in [1.165, 1.54) is 0 Å². The van der Waals surface area contributed by atoms with Crippen LogP contribution in [0.1, 0.15) is 54.4 Å². The standard InChI is InChI=1S/C18H37NO3/c1-17(2,3)15-20-13-14-21-16-7-9-19(10-8-16)11-12-22-18(4,5)6/h16H,7-15H2,1-6H3. The maximum Gasteiger partial charge on any atom is 0.0704 e. The molecule has 0 atom stereocenters. The van der Waals surface area contributed by atoms with E-state index in [0.717, 1.165) is 45.7 Å². The number of ether oxygens (including phenoxy) is 3. The minimum atomic E-state index is -0.0332. The first-order valence-electron chi connectivity index (χ1n) is 8.71. The molecule has 0 spiro atoms. The Morgan fingerprint density at radius 3 is 2.09 bits per heavy atom. The highest BCUT2D eigenvalue weighted by Crippen LogP contribution is 2.15. The normalized spacial score (nSPS) is 18.8. The lowest BCUT2D eigenvalue weighted by atomic mass is 9.99. The van der Waals surface area contributed by atoms with Crippen molar-refractivity contribution in [2.75, 3.05) is 46.1 Å². The quantitative estimate of drug-likeness (QED) is 0.643. The van der Waals surface area contributed by atoms with Crippen molar-refractivity contribution in [3.05, 3.63) is 0 Å². The fourth-order valence-corrected chi connectivity index (χ4v) is 2.43. The summed E-state index contributed by atoms with van der Waals surface area (Å²) >= 11 is 0. The zero-order valence-electron chi connectivity index (χ0n) is 15.6. The summed E-state index contributed by atoms with van der Waals surface area (Å²) in [6, 6.07) is 0. The van der Waals surface area contributed by atoms with Crippen molar-refractivity contribution in [2.24, 2.45) is 5.41 Å². The van der Waals surface area contributed by atoms with Gasteiger partial charge in [0.1, 0.15) is 0 Å². The SMILES string of the molecule is CC(C)(C)COCCOC1CCN(CCOC(C)(C)C)CC1. The predicted molar refractivity (Wildman–Crippen MR) is 91.4 cm³/mol. The van der Waals surface area contributed by atoms with Crippen LogP contribution in [-0.4, -0.2) is 62.7 Å². The molecule has 0 aromatic heterocycles. The van der Waals surface area contributed by atoms with Gasteiger partial charge in [-0.25, -0.2) is 0 Å². The predicted octanol–water partition coefficient (Wildman–Crippen LogP) is 3.35. The van der Waals surface area contributed by atoms with Crippen LogP contribution in [0.4, 0.5) is 0 Å². The Morgan fingerprint density at radius 1 is 0.909 bits per heavy atom. The highest BCUT2D eigenvalue weighted by atomic mass is 16.5. The van der Waals surface area contributed by atoms with Crippen LogP contribution in [0.5, 0.6) is 0 Å². The summed E-state index contributed by atoms with van der Waals surface area (Å²) in [5.74, 6) is 0. The van der Waals surface area contributed by atoms with Crippen LogP contribution in [0, 0.1) is 5.41 Å². The van der Waals surface area contributed by atoms with E-state index in [9.17, 15) is 0 Å². The Hall–Kier alpha value is -0.160. The molecular weight excluding hydrogens is 278 g/mol. The summed E-state index contributed by atoms with van der Waals surface area (Å²) in [5, 5.41) is 0. The molecule has 0 radical (unpaired) electrons. The molecule has 1 aliphatic heterocycles. The zero-order valence-corrected chi connectivity index (χ0v) is 15.6. The van der Waals surface area contributed by atoms with Gasteiger partial charge in [0, 0.05) is 19.6 Å². The van der Waals surface area contributed by atoms with Crippen molar-refractivity contribution < 1.29 is 14.2 Å². The van der Waals surface area contributed by atoms with Gasteiger partial charge in [-0.05, 0) is 39.0 Å². The Bertz CT molecular complexity index is 286. The number of piperidine rings is 1. The maximum atomic E-state index is 5.92.